The van der Waals surface area contributed by atoms with Crippen LogP contribution in [0.3, 0.4) is 0 Å². The first kappa shape index (κ1) is 16.3. The maximum Gasteiger partial charge on any atom is 0.412 e. The molecule has 0 radical (unpaired) electrons. The van der Waals surface area contributed by atoms with E-state index in [0.717, 1.165) is 5.39 Å². The van der Waals surface area contributed by atoms with E-state index in [-0.39, 0.29) is 4.90 Å². The predicted molar refractivity (Wildman–Crippen MR) is 85.2 cm³/mol. The monoisotopic (exact) mass is 322 g/mol. The Kier molecular flexibility index (Phi) is 4.12. The highest BCUT2D eigenvalue weighted by molar-refractivity contribution is 7.89. The third-order valence-corrected chi connectivity index (χ3v) is 3.73. The van der Waals surface area contributed by atoms with Crippen molar-refractivity contribution in [3.63, 3.8) is 0 Å². The number of sulfonamides is 1. The van der Waals surface area contributed by atoms with Gasteiger partial charge in [0.1, 0.15) is 5.60 Å². The molecular formula is C15H18N2O4S. The van der Waals surface area contributed by atoms with Crippen molar-refractivity contribution in [2.24, 2.45) is 5.14 Å². The van der Waals surface area contributed by atoms with Crippen LogP contribution in [0.15, 0.2) is 41.3 Å². The minimum atomic E-state index is -3.81. The molecule has 0 saturated heterocycles. The van der Waals surface area contributed by atoms with Gasteiger partial charge in [-0.2, -0.15) is 0 Å². The molecule has 6 nitrogen and oxygen atoms in total. The number of nitrogens with one attached hydrogen (secondary N) is 1. The average molecular weight is 322 g/mol. The van der Waals surface area contributed by atoms with Gasteiger partial charge in [0.25, 0.3) is 0 Å². The molecule has 2 rings (SSSR count). The van der Waals surface area contributed by atoms with E-state index in [1.54, 1.807) is 39.0 Å². The second-order valence-corrected chi connectivity index (χ2v) is 7.42. The summed E-state index contributed by atoms with van der Waals surface area (Å²) in [4.78, 5) is 11.9. The number of fused-ring (bicyclic) bond motifs is 1. The van der Waals surface area contributed by atoms with Crippen molar-refractivity contribution in [2.75, 3.05) is 5.32 Å². The van der Waals surface area contributed by atoms with Crippen molar-refractivity contribution >= 4 is 32.6 Å². The van der Waals surface area contributed by atoms with Gasteiger partial charge in [-0.05, 0) is 44.4 Å². The van der Waals surface area contributed by atoms with Crippen LogP contribution in [-0.2, 0) is 14.8 Å². The second kappa shape index (κ2) is 5.58. The molecule has 3 N–H and O–H groups in total. The number of anilines is 1. The van der Waals surface area contributed by atoms with E-state index >= 15 is 0 Å². The molecule has 0 aromatic heterocycles. The lowest BCUT2D eigenvalue weighted by molar-refractivity contribution is 0.0636. The minimum absolute atomic E-state index is 0.0153. The Balaban J connectivity index is 2.43. The molecule has 0 bridgehead atoms. The first-order valence-electron chi connectivity index (χ1n) is 6.62. The number of hydrogen-bond donors (Lipinski definition) is 2. The molecule has 0 aliphatic heterocycles. The Morgan fingerprint density at radius 2 is 1.86 bits per heavy atom. The zero-order chi connectivity index (χ0) is 16.5. The summed E-state index contributed by atoms with van der Waals surface area (Å²) in [5, 5.41) is 9.11. The largest absolute Gasteiger partial charge is 0.444 e. The average Bonchev–Trinajstić information content (AvgIpc) is 2.35. The number of amides is 1. The number of hydrogen-bond acceptors (Lipinski definition) is 4. The molecule has 22 heavy (non-hydrogen) atoms. The first-order chi connectivity index (χ1) is 10.1. The first-order valence-corrected chi connectivity index (χ1v) is 8.16. The molecule has 0 fully saturated rings. The summed E-state index contributed by atoms with van der Waals surface area (Å²) in [7, 11) is -3.81. The van der Waals surface area contributed by atoms with E-state index in [9.17, 15) is 13.2 Å². The third-order valence-electron chi connectivity index (χ3n) is 2.82. The van der Waals surface area contributed by atoms with Gasteiger partial charge in [0.15, 0.2) is 0 Å². The molecule has 0 saturated carbocycles. The molecule has 1 amide bonds. The highest BCUT2D eigenvalue weighted by atomic mass is 32.2. The van der Waals surface area contributed by atoms with Crippen LogP contribution < -0.4 is 10.5 Å². The predicted octanol–water partition coefficient (Wildman–Crippen LogP) is 2.83. The van der Waals surface area contributed by atoms with E-state index in [1.807, 2.05) is 6.07 Å². The summed E-state index contributed by atoms with van der Waals surface area (Å²) in [6, 6.07) is 9.72. The minimum Gasteiger partial charge on any atom is -0.444 e. The summed E-state index contributed by atoms with van der Waals surface area (Å²) < 4.78 is 28.1. The molecule has 0 atom stereocenters. The van der Waals surface area contributed by atoms with E-state index < -0.39 is 21.7 Å². The molecule has 0 aliphatic carbocycles. The van der Waals surface area contributed by atoms with Crippen LogP contribution in [0.5, 0.6) is 0 Å². The highest BCUT2D eigenvalue weighted by Gasteiger charge is 2.17. The van der Waals surface area contributed by atoms with E-state index in [2.05, 4.69) is 5.32 Å². The van der Waals surface area contributed by atoms with Gasteiger partial charge in [-0.15, -0.1) is 0 Å². The number of carbonyl (C=O) groups is 1. The Morgan fingerprint density at radius 1 is 1.18 bits per heavy atom. The number of carbonyl (C=O) groups excluding carboxylic acids is 1. The Hall–Kier alpha value is -2.12. The van der Waals surface area contributed by atoms with Crippen molar-refractivity contribution in [3.8, 4) is 0 Å². The number of benzene rings is 2. The van der Waals surface area contributed by atoms with E-state index in [1.165, 1.54) is 12.1 Å². The molecular weight excluding hydrogens is 304 g/mol. The lowest BCUT2D eigenvalue weighted by Gasteiger charge is -2.20. The van der Waals surface area contributed by atoms with Crippen molar-refractivity contribution in [1.29, 1.82) is 0 Å². The van der Waals surface area contributed by atoms with Gasteiger partial charge in [0.05, 0.1) is 10.6 Å². The molecule has 7 heteroatoms. The van der Waals surface area contributed by atoms with Crippen LogP contribution in [-0.4, -0.2) is 20.1 Å². The topological polar surface area (TPSA) is 98.5 Å². The van der Waals surface area contributed by atoms with Crippen LogP contribution in [0.1, 0.15) is 20.8 Å². The Morgan fingerprint density at radius 3 is 2.45 bits per heavy atom. The van der Waals surface area contributed by atoms with E-state index in [0.29, 0.717) is 11.1 Å². The van der Waals surface area contributed by atoms with Crippen molar-refractivity contribution < 1.29 is 17.9 Å². The van der Waals surface area contributed by atoms with Gasteiger partial charge in [-0.3, -0.25) is 5.32 Å². The summed E-state index contributed by atoms with van der Waals surface area (Å²) in [6.07, 6.45) is -0.610. The third kappa shape index (κ3) is 3.96. The summed E-state index contributed by atoms with van der Waals surface area (Å²) in [6.45, 7) is 5.28. The van der Waals surface area contributed by atoms with Gasteiger partial charge < -0.3 is 4.74 Å². The smallest absolute Gasteiger partial charge is 0.412 e. The fourth-order valence-electron chi connectivity index (χ4n) is 1.95. The van der Waals surface area contributed by atoms with Crippen LogP contribution in [0, 0.1) is 0 Å². The summed E-state index contributed by atoms with van der Waals surface area (Å²) >= 11 is 0. The molecule has 2 aromatic carbocycles. The second-order valence-electron chi connectivity index (χ2n) is 5.86. The molecule has 0 unspecified atom stereocenters. The number of ether oxygens (including phenoxy) is 1. The zero-order valence-corrected chi connectivity index (χ0v) is 13.4. The van der Waals surface area contributed by atoms with Gasteiger partial charge in [0.2, 0.25) is 10.0 Å². The molecule has 0 spiro atoms. The van der Waals surface area contributed by atoms with Crippen molar-refractivity contribution in [2.45, 2.75) is 31.3 Å². The molecule has 2 aromatic rings. The van der Waals surface area contributed by atoms with E-state index in [4.69, 9.17) is 9.88 Å². The summed E-state index contributed by atoms with van der Waals surface area (Å²) in [5.41, 5.74) is -0.169. The lowest BCUT2D eigenvalue weighted by atomic mass is 10.1. The number of rotatable bonds is 2. The zero-order valence-electron chi connectivity index (χ0n) is 12.6. The summed E-state index contributed by atoms with van der Waals surface area (Å²) in [5.74, 6) is 0. The van der Waals surface area contributed by atoms with Crippen LogP contribution >= 0.6 is 0 Å². The Bertz CT molecular complexity index is 823. The fourth-order valence-corrected chi connectivity index (χ4v) is 2.49. The maximum atomic E-state index is 11.9. The van der Waals surface area contributed by atoms with Gasteiger partial charge >= 0.3 is 6.09 Å². The van der Waals surface area contributed by atoms with Gasteiger partial charge in [0, 0.05) is 5.39 Å². The highest BCUT2D eigenvalue weighted by Crippen LogP contribution is 2.26. The Labute approximate surface area is 129 Å². The van der Waals surface area contributed by atoms with Crippen molar-refractivity contribution in [3.05, 3.63) is 36.4 Å². The number of primary sulfonamides is 1. The van der Waals surface area contributed by atoms with Crippen LogP contribution in [0.25, 0.3) is 10.8 Å². The fraction of sp³-hybridized carbons (Fsp3) is 0.267. The molecule has 0 aliphatic rings. The normalized spacial score (nSPS) is 12.2. The molecule has 0 heterocycles. The van der Waals surface area contributed by atoms with Crippen molar-refractivity contribution in [1.82, 2.24) is 0 Å². The SMILES string of the molecule is CC(C)(C)OC(=O)Nc1cccc2ccc(S(N)(=O)=O)cc12. The van der Waals surface area contributed by atoms with Gasteiger partial charge in [-0.25, -0.2) is 18.4 Å². The maximum absolute atomic E-state index is 11.9. The van der Waals surface area contributed by atoms with Crippen LogP contribution in [0.2, 0.25) is 0 Å². The number of nitrogens with two attached hydrogens (primary N) is 1. The van der Waals surface area contributed by atoms with Gasteiger partial charge in [-0.1, -0.05) is 18.2 Å². The standard InChI is InChI=1S/C15H18N2O4S/c1-15(2,3)21-14(18)17-13-6-4-5-10-7-8-11(9-12(10)13)22(16,19)20/h4-9H,1-3H3,(H,17,18)(H2,16,19,20). The lowest BCUT2D eigenvalue weighted by Crippen LogP contribution is -2.27. The van der Waals surface area contributed by atoms with Crippen LogP contribution in [0.4, 0.5) is 10.5 Å². The molecule has 118 valence electrons. The quantitative estimate of drug-likeness (QED) is 0.888.